The molecule has 52 valence electrons. The third-order valence-electron chi connectivity index (χ3n) is 0.786. The van der Waals surface area contributed by atoms with Crippen LogP contribution in [0, 0.1) is 4.91 Å². The number of hydrogen-bond acceptors (Lipinski definition) is 4. The number of nitrogens with zero attached hydrogens (tertiary/aromatic N) is 1. The van der Waals surface area contributed by atoms with E-state index in [-0.39, 0.29) is 0 Å². The lowest BCUT2D eigenvalue weighted by Gasteiger charge is -2.00. The Morgan fingerprint density at radius 3 is 2.67 bits per heavy atom. The van der Waals surface area contributed by atoms with Crippen molar-refractivity contribution in [1.82, 2.24) is 0 Å². The Bertz CT molecular complexity index is 113. The van der Waals surface area contributed by atoms with Gasteiger partial charge < -0.3 is 4.74 Å². The van der Waals surface area contributed by atoms with E-state index < -0.39 is 12.0 Å². The first-order chi connectivity index (χ1) is 4.22. The maximum Gasteiger partial charge on any atom is 0.334 e. The van der Waals surface area contributed by atoms with Gasteiger partial charge in [-0.3, -0.25) is 0 Å². The van der Waals surface area contributed by atoms with Crippen LogP contribution in [0.25, 0.3) is 0 Å². The van der Waals surface area contributed by atoms with Crippen LogP contribution in [0.1, 0.15) is 13.8 Å². The van der Waals surface area contributed by atoms with Gasteiger partial charge in [-0.25, -0.2) is 4.79 Å². The molecule has 1 unspecified atom stereocenters. The van der Waals surface area contributed by atoms with Crippen molar-refractivity contribution in [3.8, 4) is 0 Å². The largest absolute Gasteiger partial charge is 0.464 e. The summed E-state index contributed by atoms with van der Waals surface area (Å²) in [4.78, 5) is 20.1. The average molecular weight is 131 g/mol. The fourth-order valence-corrected chi connectivity index (χ4v) is 0.306. The summed E-state index contributed by atoms with van der Waals surface area (Å²) in [6.07, 6.45) is 0. The second-order valence-electron chi connectivity index (χ2n) is 1.53. The summed E-state index contributed by atoms with van der Waals surface area (Å²) in [6, 6.07) is -0.870. The Morgan fingerprint density at radius 2 is 2.33 bits per heavy atom. The first-order valence-corrected chi connectivity index (χ1v) is 2.71. The zero-order chi connectivity index (χ0) is 7.28. The highest BCUT2D eigenvalue weighted by atomic mass is 16.5. The van der Waals surface area contributed by atoms with Crippen LogP contribution in [0.3, 0.4) is 0 Å². The van der Waals surface area contributed by atoms with E-state index in [0.29, 0.717) is 6.61 Å². The molecule has 0 fully saturated rings. The zero-order valence-corrected chi connectivity index (χ0v) is 5.46. The molecule has 0 aromatic rings. The second kappa shape index (κ2) is 4.00. The van der Waals surface area contributed by atoms with E-state index in [1.165, 1.54) is 6.92 Å². The van der Waals surface area contributed by atoms with Gasteiger partial charge in [0.2, 0.25) is 0 Å². The maximum absolute atomic E-state index is 10.5. The molecule has 0 aromatic carbocycles. The Balaban J connectivity index is 3.58. The lowest BCUT2D eigenvalue weighted by Crippen LogP contribution is -2.16. The molecule has 0 aromatic heterocycles. The molecule has 0 aliphatic rings. The lowest BCUT2D eigenvalue weighted by molar-refractivity contribution is -0.144. The van der Waals surface area contributed by atoms with Crippen molar-refractivity contribution in [3.05, 3.63) is 4.91 Å². The first-order valence-electron chi connectivity index (χ1n) is 2.71. The third-order valence-corrected chi connectivity index (χ3v) is 0.786. The summed E-state index contributed by atoms with van der Waals surface area (Å²) < 4.78 is 4.46. The van der Waals surface area contributed by atoms with Crippen LogP contribution in [-0.2, 0) is 9.53 Å². The maximum atomic E-state index is 10.5. The van der Waals surface area contributed by atoms with Crippen molar-refractivity contribution < 1.29 is 9.53 Å². The van der Waals surface area contributed by atoms with Gasteiger partial charge in [0.15, 0.2) is 6.04 Å². The Hall–Kier alpha value is -0.930. The predicted molar refractivity (Wildman–Crippen MR) is 31.9 cm³/mol. The lowest BCUT2D eigenvalue weighted by atomic mass is 10.4. The Morgan fingerprint density at radius 1 is 1.78 bits per heavy atom. The monoisotopic (exact) mass is 131 g/mol. The van der Waals surface area contributed by atoms with Crippen LogP contribution in [0.2, 0.25) is 0 Å². The van der Waals surface area contributed by atoms with Crippen LogP contribution in [0.5, 0.6) is 0 Å². The number of nitroso groups, excluding NO2 is 1. The summed E-state index contributed by atoms with van der Waals surface area (Å²) >= 11 is 0. The fourth-order valence-electron chi connectivity index (χ4n) is 0.306. The van der Waals surface area contributed by atoms with E-state index in [1.807, 2.05) is 0 Å². The molecule has 0 saturated heterocycles. The smallest absolute Gasteiger partial charge is 0.334 e. The van der Waals surface area contributed by atoms with Crippen molar-refractivity contribution in [2.45, 2.75) is 19.9 Å². The molecule has 0 heterocycles. The van der Waals surface area contributed by atoms with Crippen LogP contribution >= 0.6 is 0 Å². The number of carbonyl (C=O) groups excluding carboxylic acids is 1. The summed E-state index contributed by atoms with van der Waals surface area (Å²) in [5.41, 5.74) is 0. The minimum absolute atomic E-state index is 0.290. The van der Waals surface area contributed by atoms with E-state index in [4.69, 9.17) is 0 Å². The molecule has 0 saturated carbocycles. The summed E-state index contributed by atoms with van der Waals surface area (Å²) in [6.45, 7) is 3.36. The van der Waals surface area contributed by atoms with Crippen LogP contribution in [0.15, 0.2) is 5.18 Å². The fraction of sp³-hybridized carbons (Fsp3) is 0.800. The third kappa shape index (κ3) is 2.79. The van der Waals surface area contributed by atoms with E-state index in [1.54, 1.807) is 6.92 Å². The molecule has 9 heavy (non-hydrogen) atoms. The molecule has 4 nitrogen and oxygen atoms in total. The number of carbonyl (C=O) groups is 1. The van der Waals surface area contributed by atoms with E-state index >= 15 is 0 Å². The summed E-state index contributed by atoms with van der Waals surface area (Å²) in [5, 5.41) is 2.48. The van der Waals surface area contributed by atoms with Crippen molar-refractivity contribution >= 4 is 5.97 Å². The van der Waals surface area contributed by atoms with Gasteiger partial charge >= 0.3 is 5.97 Å². The number of hydrogen-bond donors (Lipinski definition) is 0. The SMILES string of the molecule is CCOC(=O)C(C)N=O. The molecular weight excluding hydrogens is 122 g/mol. The quantitative estimate of drug-likeness (QED) is 0.418. The van der Waals surface area contributed by atoms with E-state index in [0.717, 1.165) is 0 Å². The molecule has 0 amide bonds. The van der Waals surface area contributed by atoms with E-state index in [2.05, 4.69) is 9.91 Å². The average Bonchev–Trinajstić information content (AvgIpc) is 1.87. The highest BCUT2D eigenvalue weighted by Crippen LogP contribution is 1.91. The van der Waals surface area contributed by atoms with Crippen molar-refractivity contribution in [2.24, 2.45) is 5.18 Å². The molecule has 0 N–H and O–H groups in total. The number of esters is 1. The molecular formula is C5H9NO3. The minimum Gasteiger partial charge on any atom is -0.464 e. The molecule has 0 aliphatic carbocycles. The molecule has 0 bridgehead atoms. The summed E-state index contributed by atoms with van der Waals surface area (Å²) in [7, 11) is 0. The predicted octanol–water partition coefficient (Wildman–Crippen LogP) is 0.704. The molecule has 0 radical (unpaired) electrons. The van der Waals surface area contributed by atoms with Gasteiger partial charge in [-0.2, -0.15) is 0 Å². The highest BCUT2D eigenvalue weighted by Gasteiger charge is 2.12. The van der Waals surface area contributed by atoms with Gasteiger partial charge in [0.25, 0.3) is 0 Å². The van der Waals surface area contributed by atoms with Crippen LogP contribution < -0.4 is 0 Å². The van der Waals surface area contributed by atoms with Crippen LogP contribution in [-0.4, -0.2) is 18.6 Å². The highest BCUT2D eigenvalue weighted by molar-refractivity contribution is 5.75. The van der Waals surface area contributed by atoms with Gasteiger partial charge in [-0.15, -0.1) is 4.91 Å². The van der Waals surface area contributed by atoms with Gasteiger partial charge in [0, 0.05) is 0 Å². The minimum atomic E-state index is -0.870. The number of rotatable bonds is 3. The van der Waals surface area contributed by atoms with Crippen LogP contribution in [0.4, 0.5) is 0 Å². The topological polar surface area (TPSA) is 55.7 Å². The van der Waals surface area contributed by atoms with E-state index in [9.17, 15) is 9.70 Å². The molecule has 0 rings (SSSR count). The Kier molecular flexibility index (Phi) is 3.59. The van der Waals surface area contributed by atoms with Crippen molar-refractivity contribution in [3.63, 3.8) is 0 Å². The molecule has 0 spiro atoms. The summed E-state index contributed by atoms with van der Waals surface area (Å²) in [5.74, 6) is -0.562. The van der Waals surface area contributed by atoms with Gasteiger partial charge in [0.1, 0.15) is 0 Å². The van der Waals surface area contributed by atoms with Gasteiger partial charge in [-0.1, -0.05) is 5.18 Å². The number of ether oxygens (including phenoxy) is 1. The van der Waals surface area contributed by atoms with Gasteiger partial charge in [0.05, 0.1) is 6.61 Å². The second-order valence-corrected chi connectivity index (χ2v) is 1.53. The normalized spacial score (nSPS) is 12.2. The van der Waals surface area contributed by atoms with Gasteiger partial charge in [-0.05, 0) is 13.8 Å². The molecule has 4 heteroatoms. The van der Waals surface area contributed by atoms with Crippen molar-refractivity contribution in [2.75, 3.05) is 6.61 Å². The molecule has 1 atom stereocenters. The molecule has 0 aliphatic heterocycles. The standard InChI is InChI=1S/C5H9NO3/c1-3-9-5(7)4(2)6-8/h4H,3H2,1-2H3. The van der Waals surface area contributed by atoms with Crippen molar-refractivity contribution in [1.29, 1.82) is 0 Å². The Labute approximate surface area is 53.2 Å². The first kappa shape index (κ1) is 8.07. The zero-order valence-electron chi connectivity index (χ0n) is 5.46.